The normalized spacial score (nSPS) is 18.9. The first kappa shape index (κ1) is 16.4. The monoisotopic (exact) mass is 266 g/mol. The summed E-state index contributed by atoms with van der Waals surface area (Å²) >= 11 is 0. The van der Waals surface area contributed by atoms with Crippen molar-refractivity contribution in [3.05, 3.63) is 12.4 Å². The van der Waals surface area contributed by atoms with Crippen LogP contribution in [-0.4, -0.2) is 29.1 Å². The average molecular weight is 266 g/mol. The van der Waals surface area contributed by atoms with E-state index in [4.69, 9.17) is 0 Å². The van der Waals surface area contributed by atoms with E-state index in [1.807, 2.05) is 0 Å². The third kappa shape index (κ3) is 5.46. The summed E-state index contributed by atoms with van der Waals surface area (Å²) in [4.78, 5) is 5.12. The molecular formula is C17H34N2. The molecule has 2 heteroatoms. The first-order chi connectivity index (χ1) is 9.20. The van der Waals surface area contributed by atoms with Gasteiger partial charge >= 0.3 is 0 Å². The van der Waals surface area contributed by atoms with Gasteiger partial charge in [0, 0.05) is 25.5 Å². The summed E-state index contributed by atoms with van der Waals surface area (Å²) in [5, 5.41) is 0. The SMILES string of the molecule is CCCCCCN1C=CN(CCCCC)C1C(C)C. The largest absolute Gasteiger partial charge is 0.356 e. The zero-order valence-electron chi connectivity index (χ0n) is 13.6. The van der Waals surface area contributed by atoms with Gasteiger partial charge in [-0.2, -0.15) is 0 Å². The van der Waals surface area contributed by atoms with E-state index in [9.17, 15) is 0 Å². The Morgan fingerprint density at radius 3 is 1.74 bits per heavy atom. The molecule has 0 aromatic heterocycles. The molecule has 2 nitrogen and oxygen atoms in total. The molecule has 0 N–H and O–H groups in total. The lowest BCUT2D eigenvalue weighted by Gasteiger charge is -2.36. The number of unbranched alkanes of at least 4 members (excludes halogenated alkanes) is 5. The summed E-state index contributed by atoms with van der Waals surface area (Å²) in [7, 11) is 0. The maximum Gasteiger partial charge on any atom is 0.103 e. The van der Waals surface area contributed by atoms with Gasteiger partial charge in [-0.05, 0) is 18.8 Å². The lowest BCUT2D eigenvalue weighted by atomic mass is 10.1. The maximum absolute atomic E-state index is 2.56. The fraction of sp³-hybridized carbons (Fsp3) is 0.882. The first-order valence-electron chi connectivity index (χ1n) is 8.40. The number of nitrogens with zero attached hydrogens (tertiary/aromatic N) is 2. The van der Waals surface area contributed by atoms with Gasteiger partial charge in [-0.25, -0.2) is 0 Å². The van der Waals surface area contributed by atoms with Crippen molar-refractivity contribution in [1.82, 2.24) is 9.80 Å². The molecule has 0 fully saturated rings. The molecule has 1 rings (SSSR count). The van der Waals surface area contributed by atoms with Crippen molar-refractivity contribution in [3.63, 3.8) is 0 Å². The lowest BCUT2D eigenvalue weighted by Crippen LogP contribution is -2.43. The molecule has 1 unspecified atom stereocenters. The van der Waals surface area contributed by atoms with Crippen LogP contribution < -0.4 is 0 Å². The van der Waals surface area contributed by atoms with Crippen LogP contribution in [-0.2, 0) is 0 Å². The van der Waals surface area contributed by atoms with E-state index in [2.05, 4.69) is 49.9 Å². The van der Waals surface area contributed by atoms with Gasteiger partial charge in [0.25, 0.3) is 0 Å². The molecule has 112 valence electrons. The minimum absolute atomic E-state index is 0.596. The third-order valence-electron chi connectivity index (χ3n) is 4.02. The first-order valence-corrected chi connectivity index (χ1v) is 8.40. The molecule has 0 amide bonds. The highest BCUT2D eigenvalue weighted by molar-refractivity contribution is 4.98. The van der Waals surface area contributed by atoms with E-state index in [0.717, 1.165) is 0 Å². The Morgan fingerprint density at radius 1 is 0.789 bits per heavy atom. The second kappa shape index (κ2) is 9.28. The predicted molar refractivity (Wildman–Crippen MR) is 84.8 cm³/mol. The summed E-state index contributed by atoms with van der Waals surface area (Å²) in [6, 6.07) is 0. The van der Waals surface area contributed by atoms with Crippen molar-refractivity contribution in [3.8, 4) is 0 Å². The second-order valence-corrected chi connectivity index (χ2v) is 6.20. The summed E-state index contributed by atoms with van der Waals surface area (Å²) in [6.45, 7) is 11.7. The molecule has 0 radical (unpaired) electrons. The van der Waals surface area contributed by atoms with Crippen LogP contribution in [0.5, 0.6) is 0 Å². The summed E-state index contributed by atoms with van der Waals surface area (Å²) in [5.41, 5.74) is 0. The molecule has 1 heterocycles. The highest BCUT2D eigenvalue weighted by Gasteiger charge is 2.27. The lowest BCUT2D eigenvalue weighted by molar-refractivity contribution is 0.104. The zero-order chi connectivity index (χ0) is 14.1. The van der Waals surface area contributed by atoms with Gasteiger partial charge in [0.1, 0.15) is 6.17 Å². The maximum atomic E-state index is 2.56. The van der Waals surface area contributed by atoms with Crippen LogP contribution in [0.2, 0.25) is 0 Å². The van der Waals surface area contributed by atoms with Crippen LogP contribution in [0.4, 0.5) is 0 Å². The average Bonchev–Trinajstić information content (AvgIpc) is 2.78. The van der Waals surface area contributed by atoms with Crippen molar-refractivity contribution in [2.75, 3.05) is 13.1 Å². The minimum atomic E-state index is 0.596. The topological polar surface area (TPSA) is 6.48 Å². The Hall–Kier alpha value is -0.660. The minimum Gasteiger partial charge on any atom is -0.356 e. The number of rotatable bonds is 10. The Bertz CT molecular complexity index is 248. The van der Waals surface area contributed by atoms with Gasteiger partial charge in [0.15, 0.2) is 0 Å². The van der Waals surface area contributed by atoms with Crippen LogP contribution >= 0.6 is 0 Å². The molecule has 19 heavy (non-hydrogen) atoms. The van der Waals surface area contributed by atoms with E-state index >= 15 is 0 Å². The molecular weight excluding hydrogens is 232 g/mol. The van der Waals surface area contributed by atoms with Crippen LogP contribution in [0, 0.1) is 5.92 Å². The summed E-state index contributed by atoms with van der Waals surface area (Å²) < 4.78 is 0. The van der Waals surface area contributed by atoms with Gasteiger partial charge < -0.3 is 9.80 Å². The fourth-order valence-corrected chi connectivity index (χ4v) is 2.98. The summed E-state index contributed by atoms with van der Waals surface area (Å²) in [5.74, 6) is 0.697. The second-order valence-electron chi connectivity index (χ2n) is 6.20. The molecule has 1 aliphatic rings. The quantitative estimate of drug-likeness (QED) is 0.523. The molecule has 1 atom stereocenters. The third-order valence-corrected chi connectivity index (χ3v) is 4.02. The predicted octanol–water partition coefficient (Wildman–Crippen LogP) is 4.83. The van der Waals surface area contributed by atoms with Crippen molar-refractivity contribution >= 4 is 0 Å². The van der Waals surface area contributed by atoms with E-state index in [-0.39, 0.29) is 0 Å². The van der Waals surface area contributed by atoms with Crippen molar-refractivity contribution in [2.45, 2.75) is 78.8 Å². The highest BCUT2D eigenvalue weighted by Crippen LogP contribution is 2.23. The van der Waals surface area contributed by atoms with Crippen LogP contribution in [0.15, 0.2) is 12.4 Å². The van der Waals surface area contributed by atoms with E-state index in [1.165, 1.54) is 58.0 Å². The smallest absolute Gasteiger partial charge is 0.103 e. The molecule has 0 saturated carbocycles. The molecule has 0 bridgehead atoms. The Balaban J connectivity index is 2.38. The molecule has 0 aromatic rings. The molecule has 0 spiro atoms. The molecule has 0 saturated heterocycles. The zero-order valence-corrected chi connectivity index (χ0v) is 13.6. The van der Waals surface area contributed by atoms with E-state index < -0.39 is 0 Å². The van der Waals surface area contributed by atoms with Crippen molar-refractivity contribution in [1.29, 1.82) is 0 Å². The number of hydrogen-bond acceptors (Lipinski definition) is 2. The Kier molecular flexibility index (Phi) is 8.00. The molecule has 0 aromatic carbocycles. The Morgan fingerprint density at radius 2 is 1.26 bits per heavy atom. The van der Waals surface area contributed by atoms with E-state index in [1.54, 1.807) is 0 Å². The van der Waals surface area contributed by atoms with Gasteiger partial charge in [-0.15, -0.1) is 0 Å². The molecule has 1 aliphatic heterocycles. The van der Waals surface area contributed by atoms with Crippen LogP contribution in [0.25, 0.3) is 0 Å². The number of hydrogen-bond donors (Lipinski definition) is 0. The van der Waals surface area contributed by atoms with Gasteiger partial charge in [0.05, 0.1) is 0 Å². The van der Waals surface area contributed by atoms with Crippen LogP contribution in [0.1, 0.15) is 72.6 Å². The van der Waals surface area contributed by atoms with Crippen LogP contribution in [0.3, 0.4) is 0 Å². The van der Waals surface area contributed by atoms with Gasteiger partial charge in [-0.3, -0.25) is 0 Å². The van der Waals surface area contributed by atoms with Gasteiger partial charge in [0.2, 0.25) is 0 Å². The summed E-state index contributed by atoms with van der Waals surface area (Å²) in [6.07, 6.45) is 14.6. The van der Waals surface area contributed by atoms with E-state index in [0.29, 0.717) is 12.1 Å². The Labute approximate surface area is 120 Å². The van der Waals surface area contributed by atoms with Crippen molar-refractivity contribution < 1.29 is 0 Å². The fourth-order valence-electron chi connectivity index (χ4n) is 2.98. The van der Waals surface area contributed by atoms with Gasteiger partial charge in [-0.1, -0.05) is 59.8 Å². The standard InChI is InChI=1S/C17H34N2/c1-5-7-9-11-13-19-15-14-18(12-10-8-6-2)17(19)16(3)4/h14-17H,5-13H2,1-4H3. The molecule has 0 aliphatic carbocycles. The van der Waals surface area contributed by atoms with Crippen molar-refractivity contribution in [2.24, 2.45) is 5.92 Å². The highest BCUT2D eigenvalue weighted by atomic mass is 15.4.